The minimum atomic E-state index is 0. The molecule has 0 saturated heterocycles. The molecule has 0 bridgehead atoms. The van der Waals surface area contributed by atoms with Crippen LogP contribution in [0.15, 0.2) is 0 Å². The number of hydrogen-bond donors (Lipinski definition) is 2. The molecule has 0 aromatic rings. The van der Waals surface area contributed by atoms with Crippen LogP contribution in [-0.2, 0) is 19.5 Å². The molecule has 0 aliphatic rings. The Bertz CT molecular complexity index is 254. The van der Waals surface area contributed by atoms with Crippen LogP contribution >= 0.6 is 0 Å². The minimum absolute atomic E-state index is 0. The van der Waals surface area contributed by atoms with E-state index in [1.54, 1.807) is 0 Å². The van der Waals surface area contributed by atoms with E-state index in [0.717, 1.165) is 12.8 Å². The van der Waals surface area contributed by atoms with Gasteiger partial charge in [0, 0.05) is 32.7 Å². The van der Waals surface area contributed by atoms with Gasteiger partial charge in [-0.25, -0.2) is 0 Å². The van der Waals surface area contributed by atoms with Crippen molar-refractivity contribution in [2.75, 3.05) is 13.2 Å². The van der Waals surface area contributed by atoms with E-state index in [2.05, 4.69) is 13.8 Å². The maximum atomic E-state index is 8.64. The summed E-state index contributed by atoms with van der Waals surface area (Å²) in [4.78, 5) is 0. The van der Waals surface area contributed by atoms with Crippen LogP contribution in [0.2, 0.25) is 0 Å². The van der Waals surface area contributed by atoms with Gasteiger partial charge in [0.2, 0.25) is 0 Å². The minimum Gasteiger partial charge on any atom is -0.396 e. The Kier molecular flexibility index (Phi) is 47.7. The first-order chi connectivity index (χ1) is 16.8. The van der Waals surface area contributed by atoms with Crippen molar-refractivity contribution >= 4 is 0 Å². The molecule has 2 nitrogen and oxygen atoms in total. The van der Waals surface area contributed by atoms with Gasteiger partial charge in [-0.15, -0.1) is 0 Å². The molecule has 0 aliphatic heterocycles. The van der Waals surface area contributed by atoms with Crippen LogP contribution in [-0.4, -0.2) is 23.4 Å². The summed E-state index contributed by atoms with van der Waals surface area (Å²) in [7, 11) is 0. The van der Waals surface area contributed by atoms with E-state index in [1.165, 1.54) is 167 Å². The fraction of sp³-hybridized carbons (Fsp3) is 1.00. The first-order valence-electron chi connectivity index (χ1n) is 16.0. The third kappa shape index (κ3) is 44.9. The average molecular weight is 550 g/mol. The van der Waals surface area contributed by atoms with E-state index in [0.29, 0.717) is 13.2 Å². The largest absolute Gasteiger partial charge is 0.396 e. The second kappa shape index (κ2) is 41.7. The zero-order valence-electron chi connectivity index (χ0n) is 24.8. The molecule has 35 heavy (non-hydrogen) atoms. The van der Waals surface area contributed by atoms with Gasteiger partial charge in [-0.2, -0.15) is 0 Å². The SMILES string of the molecule is CCCCCCCCCCCCCCCCO.CCCCCCCCCCCCCCCCO.[Zn]. The van der Waals surface area contributed by atoms with Crippen molar-refractivity contribution in [3.63, 3.8) is 0 Å². The summed E-state index contributed by atoms with van der Waals surface area (Å²) in [6, 6.07) is 0. The van der Waals surface area contributed by atoms with Gasteiger partial charge in [-0.05, 0) is 12.8 Å². The summed E-state index contributed by atoms with van der Waals surface area (Å²) in [6.45, 7) is 5.30. The molecular formula is C32H68O2Zn. The normalized spacial score (nSPS) is 10.6. The molecule has 0 radical (unpaired) electrons. The van der Waals surface area contributed by atoms with Crippen molar-refractivity contribution in [1.82, 2.24) is 0 Å². The van der Waals surface area contributed by atoms with Crippen LogP contribution in [0.4, 0.5) is 0 Å². The Morgan fingerprint density at radius 2 is 0.400 bits per heavy atom. The number of aliphatic hydroxyl groups is 2. The quantitative estimate of drug-likeness (QED) is 0.0752. The number of unbranched alkanes of at least 4 members (excludes halogenated alkanes) is 26. The van der Waals surface area contributed by atoms with Gasteiger partial charge in [0.25, 0.3) is 0 Å². The van der Waals surface area contributed by atoms with Gasteiger partial charge in [-0.3, -0.25) is 0 Å². The summed E-state index contributed by atoms with van der Waals surface area (Å²) in [5.41, 5.74) is 0. The third-order valence-corrected chi connectivity index (χ3v) is 7.02. The zero-order valence-corrected chi connectivity index (χ0v) is 27.8. The molecule has 0 heterocycles. The van der Waals surface area contributed by atoms with E-state index in [1.807, 2.05) is 0 Å². The molecule has 0 fully saturated rings. The molecule has 0 aromatic carbocycles. The molecule has 0 aliphatic carbocycles. The zero-order chi connectivity index (χ0) is 25.2. The molecule has 210 valence electrons. The first-order valence-corrected chi connectivity index (χ1v) is 16.0. The first kappa shape index (κ1) is 40.0. The Morgan fingerprint density at radius 1 is 0.257 bits per heavy atom. The fourth-order valence-corrected chi connectivity index (χ4v) is 4.61. The maximum absolute atomic E-state index is 8.64. The number of aliphatic hydroxyl groups excluding tert-OH is 2. The van der Waals surface area contributed by atoms with Gasteiger partial charge in [0.05, 0.1) is 0 Å². The van der Waals surface area contributed by atoms with E-state index in [-0.39, 0.29) is 19.5 Å². The molecule has 0 saturated carbocycles. The summed E-state index contributed by atoms with van der Waals surface area (Å²) in [6.07, 6.45) is 38.4. The second-order valence-electron chi connectivity index (χ2n) is 10.6. The fourth-order valence-electron chi connectivity index (χ4n) is 4.61. The van der Waals surface area contributed by atoms with Crippen molar-refractivity contribution in [2.45, 2.75) is 194 Å². The molecule has 0 amide bonds. The molecule has 0 unspecified atom stereocenters. The van der Waals surface area contributed by atoms with Crippen LogP contribution in [0.5, 0.6) is 0 Å². The predicted molar refractivity (Wildman–Crippen MR) is 155 cm³/mol. The van der Waals surface area contributed by atoms with Gasteiger partial charge in [-0.1, -0.05) is 181 Å². The molecular weight excluding hydrogens is 482 g/mol. The number of hydrogen-bond acceptors (Lipinski definition) is 2. The van der Waals surface area contributed by atoms with Crippen molar-refractivity contribution in [3.05, 3.63) is 0 Å². The smallest absolute Gasteiger partial charge is 0.0431 e. The molecule has 0 aromatic heterocycles. The number of rotatable bonds is 28. The predicted octanol–water partition coefficient (Wildman–Crippen LogP) is 10.9. The average Bonchev–Trinajstić information content (AvgIpc) is 2.85. The Balaban J connectivity index is -0.000000569. The van der Waals surface area contributed by atoms with Crippen molar-refractivity contribution in [3.8, 4) is 0 Å². The molecule has 0 rings (SSSR count). The summed E-state index contributed by atoms with van der Waals surface area (Å²) < 4.78 is 0. The molecule has 2 N–H and O–H groups in total. The van der Waals surface area contributed by atoms with Gasteiger partial charge in [0.15, 0.2) is 0 Å². The van der Waals surface area contributed by atoms with Crippen LogP contribution in [0, 0.1) is 0 Å². The second-order valence-corrected chi connectivity index (χ2v) is 10.6. The van der Waals surface area contributed by atoms with Gasteiger partial charge < -0.3 is 10.2 Å². The van der Waals surface area contributed by atoms with E-state index < -0.39 is 0 Å². The molecule has 0 spiro atoms. The van der Waals surface area contributed by atoms with Crippen molar-refractivity contribution < 1.29 is 29.7 Å². The maximum Gasteiger partial charge on any atom is 0.0431 e. The van der Waals surface area contributed by atoms with E-state index >= 15 is 0 Å². The Hall–Kier alpha value is 0.543. The van der Waals surface area contributed by atoms with Crippen LogP contribution in [0.3, 0.4) is 0 Å². The summed E-state index contributed by atoms with van der Waals surface area (Å²) >= 11 is 0. The third-order valence-electron chi connectivity index (χ3n) is 7.02. The van der Waals surface area contributed by atoms with Crippen LogP contribution in [0.1, 0.15) is 194 Å². The molecule has 3 heteroatoms. The monoisotopic (exact) mass is 548 g/mol. The van der Waals surface area contributed by atoms with Crippen molar-refractivity contribution in [2.24, 2.45) is 0 Å². The Morgan fingerprint density at radius 3 is 0.543 bits per heavy atom. The van der Waals surface area contributed by atoms with Crippen LogP contribution < -0.4 is 0 Å². The van der Waals surface area contributed by atoms with Crippen molar-refractivity contribution in [1.29, 1.82) is 0 Å². The Labute approximate surface area is 236 Å². The summed E-state index contributed by atoms with van der Waals surface area (Å²) in [5, 5.41) is 17.3. The van der Waals surface area contributed by atoms with E-state index in [9.17, 15) is 0 Å². The van der Waals surface area contributed by atoms with Crippen LogP contribution in [0.25, 0.3) is 0 Å². The topological polar surface area (TPSA) is 40.5 Å². The van der Waals surface area contributed by atoms with Gasteiger partial charge in [0.1, 0.15) is 0 Å². The standard InChI is InChI=1S/2C16H34O.Zn/c2*1-2-3-4-5-6-7-8-9-10-11-12-13-14-15-16-17;/h2*17H,2-16H2,1H3;. The molecule has 0 atom stereocenters. The van der Waals surface area contributed by atoms with Gasteiger partial charge >= 0.3 is 0 Å². The van der Waals surface area contributed by atoms with E-state index in [4.69, 9.17) is 10.2 Å². The summed E-state index contributed by atoms with van der Waals surface area (Å²) in [5.74, 6) is 0.